The molecule has 6 atom stereocenters. The largest absolute Gasteiger partial charge is 0.390 e. The van der Waals surface area contributed by atoms with E-state index in [2.05, 4.69) is 10.6 Å². The van der Waals surface area contributed by atoms with E-state index < -0.39 is 30.0 Å². The van der Waals surface area contributed by atoms with E-state index >= 15 is 0 Å². The number of alkyl halides is 2. The number of carbonyl (C=O) groups excluding carboxylic acids is 4. The van der Waals surface area contributed by atoms with E-state index in [1.54, 1.807) is 21.6 Å². The van der Waals surface area contributed by atoms with Crippen LogP contribution in [0.1, 0.15) is 64.7 Å². The summed E-state index contributed by atoms with van der Waals surface area (Å²) in [7, 11) is 0. The molecule has 11 nitrogen and oxygen atoms in total. The molecule has 5 aliphatic rings. The zero-order valence-corrected chi connectivity index (χ0v) is 24.4. The highest BCUT2D eigenvalue weighted by molar-refractivity contribution is 5.89. The molecule has 0 aromatic heterocycles. The van der Waals surface area contributed by atoms with Crippen LogP contribution in [-0.2, 0) is 23.9 Å². The van der Waals surface area contributed by atoms with E-state index in [1.807, 2.05) is 0 Å². The minimum Gasteiger partial charge on any atom is -0.390 e. The van der Waals surface area contributed by atoms with Crippen LogP contribution in [0.5, 0.6) is 0 Å². The fourth-order valence-electron chi connectivity index (χ4n) is 7.24. The van der Waals surface area contributed by atoms with Crippen LogP contribution in [0.3, 0.4) is 0 Å². The van der Waals surface area contributed by atoms with Crippen LogP contribution in [0.15, 0.2) is 0 Å². The van der Waals surface area contributed by atoms with Crippen molar-refractivity contribution < 1.29 is 37.8 Å². The first kappa shape index (κ1) is 31.1. The monoisotopic (exact) mass is 597 g/mol. The van der Waals surface area contributed by atoms with Crippen molar-refractivity contribution >= 4 is 23.6 Å². The van der Waals surface area contributed by atoms with Crippen LogP contribution in [0.25, 0.3) is 0 Å². The molecule has 4 saturated heterocycles. The van der Waals surface area contributed by atoms with Gasteiger partial charge in [0.05, 0.1) is 31.8 Å². The number of aliphatic hydroxyl groups excluding tert-OH is 1. The smallest absolute Gasteiger partial charge is 0.248 e. The van der Waals surface area contributed by atoms with Crippen LogP contribution in [0.2, 0.25) is 0 Å². The number of halogens is 2. The Morgan fingerprint density at radius 2 is 1.74 bits per heavy atom. The number of nitrogens with zero attached hydrogens (tertiary/aromatic N) is 3. The molecule has 236 valence electrons. The minimum atomic E-state index is -2.64. The van der Waals surface area contributed by atoms with Gasteiger partial charge in [-0.3, -0.25) is 19.2 Å². The molecule has 0 spiro atoms. The Balaban J connectivity index is 1.32. The molecule has 4 amide bonds. The quantitative estimate of drug-likeness (QED) is 0.430. The first-order valence-corrected chi connectivity index (χ1v) is 15.5. The van der Waals surface area contributed by atoms with Gasteiger partial charge in [0.1, 0.15) is 6.04 Å². The first-order chi connectivity index (χ1) is 20.0. The molecule has 1 saturated carbocycles. The summed E-state index contributed by atoms with van der Waals surface area (Å²) in [5, 5.41) is 17.0. The number of ether oxygens (including phenoxy) is 1. The van der Waals surface area contributed by atoms with Crippen LogP contribution < -0.4 is 10.6 Å². The number of aliphatic hydroxyl groups is 1. The molecule has 1 aliphatic carbocycles. The summed E-state index contributed by atoms with van der Waals surface area (Å²) >= 11 is 0. The summed E-state index contributed by atoms with van der Waals surface area (Å²) < 4.78 is 32.8. The summed E-state index contributed by atoms with van der Waals surface area (Å²) in [4.78, 5) is 58.6. The molecule has 0 aromatic carbocycles. The lowest BCUT2D eigenvalue weighted by molar-refractivity contribution is -0.143. The average Bonchev–Trinajstić information content (AvgIpc) is 3.39. The van der Waals surface area contributed by atoms with Crippen LogP contribution in [0.4, 0.5) is 8.78 Å². The Kier molecular flexibility index (Phi) is 9.68. The van der Waals surface area contributed by atoms with Crippen molar-refractivity contribution in [1.82, 2.24) is 25.3 Å². The summed E-state index contributed by atoms with van der Waals surface area (Å²) in [6, 6.07) is -1.81. The third-order valence-corrected chi connectivity index (χ3v) is 9.92. The maximum Gasteiger partial charge on any atom is 0.248 e. The molecule has 2 bridgehead atoms. The molecule has 0 radical (unpaired) electrons. The first-order valence-electron chi connectivity index (χ1n) is 15.5. The zero-order chi connectivity index (χ0) is 30.0. The van der Waals surface area contributed by atoms with Gasteiger partial charge in [-0.05, 0) is 44.4 Å². The van der Waals surface area contributed by atoms with Crippen molar-refractivity contribution in [2.24, 2.45) is 11.8 Å². The minimum absolute atomic E-state index is 0.0171. The molecule has 42 heavy (non-hydrogen) atoms. The third-order valence-electron chi connectivity index (χ3n) is 9.92. The van der Waals surface area contributed by atoms with Crippen LogP contribution in [-0.4, -0.2) is 126 Å². The standard InChI is InChI=1S/C29H45F2N5O6/c1-18-24(37)15-26(39)35-7-4-19(12-25(38)34-8-10-42-11-9-34)20(16-35)13-27(40)36-17-22(14-23(36)28(41)32-18)33-21-2-5-29(30,31)6-3-21/h18-24,33,37H,2-17H2,1H3,(H,32,41)/t18-,19-,20-,22-,23-,24-/m0/s1. The molecule has 5 fully saturated rings. The highest BCUT2D eigenvalue weighted by atomic mass is 19.3. The topological polar surface area (TPSA) is 132 Å². The lowest BCUT2D eigenvalue weighted by atomic mass is 9.80. The fourth-order valence-corrected chi connectivity index (χ4v) is 7.24. The zero-order valence-electron chi connectivity index (χ0n) is 24.4. The van der Waals surface area contributed by atoms with E-state index in [9.17, 15) is 33.1 Å². The second-order valence-corrected chi connectivity index (χ2v) is 12.9. The second kappa shape index (κ2) is 13.1. The molecule has 13 heteroatoms. The van der Waals surface area contributed by atoms with Crippen LogP contribution >= 0.6 is 0 Å². The van der Waals surface area contributed by atoms with Crippen molar-refractivity contribution in [3.63, 3.8) is 0 Å². The highest BCUT2D eigenvalue weighted by Gasteiger charge is 2.44. The van der Waals surface area contributed by atoms with Gasteiger partial charge in [-0.2, -0.15) is 0 Å². The summed E-state index contributed by atoms with van der Waals surface area (Å²) in [6.45, 7) is 4.73. The molecule has 5 rings (SSSR count). The van der Waals surface area contributed by atoms with Crippen molar-refractivity contribution in [3.8, 4) is 0 Å². The lowest BCUT2D eigenvalue weighted by Gasteiger charge is -2.40. The summed E-state index contributed by atoms with van der Waals surface area (Å²) in [5.74, 6) is -3.85. The Hall–Kier alpha value is -2.38. The van der Waals surface area contributed by atoms with E-state index in [4.69, 9.17) is 4.74 Å². The Labute approximate surface area is 245 Å². The number of morpholine rings is 1. The SMILES string of the molecule is C[C@@H]1NC(=O)[C@@H]2C[C@H](NC3CCC(F)(F)CC3)CN2C(=O)C[C@H]2CN(CC[C@H]2CC(=O)N2CCOCC2)C(=O)C[C@@H]1O. The lowest BCUT2D eigenvalue weighted by Crippen LogP contribution is -2.51. The Morgan fingerprint density at radius 1 is 1.02 bits per heavy atom. The number of hydrogen-bond donors (Lipinski definition) is 3. The summed E-state index contributed by atoms with van der Waals surface area (Å²) in [5.41, 5.74) is 0. The van der Waals surface area contributed by atoms with E-state index in [0.29, 0.717) is 65.1 Å². The van der Waals surface area contributed by atoms with Crippen molar-refractivity contribution in [3.05, 3.63) is 0 Å². The Morgan fingerprint density at radius 3 is 2.45 bits per heavy atom. The number of piperidine rings is 1. The second-order valence-electron chi connectivity index (χ2n) is 12.9. The van der Waals surface area contributed by atoms with E-state index in [0.717, 1.165) is 0 Å². The molecular weight excluding hydrogens is 552 g/mol. The number of fused-ring (bicyclic) bond motifs is 3. The molecule has 0 unspecified atom stereocenters. The molecule has 4 heterocycles. The number of amides is 4. The van der Waals surface area contributed by atoms with Gasteiger partial charge < -0.3 is 35.2 Å². The maximum absolute atomic E-state index is 13.9. The molecule has 3 N–H and O–H groups in total. The van der Waals surface area contributed by atoms with Gasteiger partial charge in [-0.25, -0.2) is 8.78 Å². The van der Waals surface area contributed by atoms with E-state index in [1.165, 1.54) is 0 Å². The molecule has 4 aliphatic heterocycles. The number of carbonyl (C=O) groups is 4. The molecule has 0 aromatic rings. The number of rotatable bonds is 4. The predicted octanol–water partition coefficient (Wildman–Crippen LogP) is 0.496. The number of nitrogens with one attached hydrogen (secondary N) is 2. The third kappa shape index (κ3) is 7.39. The van der Waals surface area contributed by atoms with Gasteiger partial charge in [0, 0.05) is 70.5 Å². The van der Waals surface area contributed by atoms with Gasteiger partial charge >= 0.3 is 0 Å². The molecular formula is C29H45F2N5O6. The van der Waals surface area contributed by atoms with Gasteiger partial charge in [-0.15, -0.1) is 0 Å². The maximum atomic E-state index is 13.9. The van der Waals surface area contributed by atoms with Crippen molar-refractivity contribution in [2.75, 3.05) is 45.9 Å². The fraction of sp³-hybridized carbons (Fsp3) is 0.862. The van der Waals surface area contributed by atoms with Crippen molar-refractivity contribution in [2.45, 2.75) is 101 Å². The summed E-state index contributed by atoms with van der Waals surface area (Å²) in [6.07, 6.45) is 0.348. The van der Waals surface area contributed by atoms with Gasteiger partial charge in [-0.1, -0.05) is 0 Å². The van der Waals surface area contributed by atoms with Crippen molar-refractivity contribution in [1.29, 1.82) is 0 Å². The normalized spacial score (nSPS) is 35.1. The van der Waals surface area contributed by atoms with Gasteiger partial charge in [0.25, 0.3) is 0 Å². The Bertz CT molecular complexity index is 1020. The predicted molar refractivity (Wildman–Crippen MR) is 147 cm³/mol. The number of hydrogen-bond acceptors (Lipinski definition) is 7. The van der Waals surface area contributed by atoms with Gasteiger partial charge in [0.2, 0.25) is 29.6 Å². The van der Waals surface area contributed by atoms with Gasteiger partial charge in [0.15, 0.2) is 0 Å². The van der Waals surface area contributed by atoms with Crippen LogP contribution in [0, 0.1) is 11.8 Å². The average molecular weight is 598 g/mol. The van der Waals surface area contributed by atoms with E-state index in [-0.39, 0.29) is 80.3 Å². The highest BCUT2D eigenvalue weighted by Crippen LogP contribution is 2.35.